The number of nitrogens with zero attached hydrogens (tertiary/aromatic N) is 3. The number of alkyl halides is 3. The van der Waals surface area contributed by atoms with Gasteiger partial charge in [0.1, 0.15) is 5.82 Å². The summed E-state index contributed by atoms with van der Waals surface area (Å²) in [6, 6.07) is 8.62. The lowest BCUT2D eigenvalue weighted by atomic mass is 10.0. The van der Waals surface area contributed by atoms with E-state index in [9.17, 15) is 22.8 Å². The first-order valence-corrected chi connectivity index (χ1v) is 9.79. The second kappa shape index (κ2) is 9.67. The first kappa shape index (κ1) is 22.4. The zero-order valence-corrected chi connectivity index (χ0v) is 17.0. The Morgan fingerprint density at radius 1 is 1.10 bits per heavy atom. The first-order valence-electron chi connectivity index (χ1n) is 9.79. The molecule has 0 aliphatic carbocycles. The van der Waals surface area contributed by atoms with Crippen LogP contribution in [0.3, 0.4) is 0 Å². The van der Waals surface area contributed by atoms with E-state index in [-0.39, 0.29) is 12.5 Å². The topological polar surface area (TPSA) is 74.8 Å². The molecule has 1 aromatic heterocycles. The van der Waals surface area contributed by atoms with E-state index in [0.717, 1.165) is 12.1 Å². The van der Waals surface area contributed by atoms with Crippen molar-refractivity contribution >= 4 is 17.8 Å². The maximum absolute atomic E-state index is 12.9. The van der Waals surface area contributed by atoms with Gasteiger partial charge in [-0.05, 0) is 36.2 Å². The standard InChI is InChI=1S/C21H23F3N4O3/c1-25-19(29)14-31-20(30)28-9-3-8-27(10-11-28)18-7-6-16(13-26-18)15-4-2-5-17(12-15)21(22,23)24/h2,4-7,12-13H,3,8-11,14H2,1H3,(H,25,29). The van der Waals surface area contributed by atoms with Gasteiger partial charge in [-0.2, -0.15) is 13.2 Å². The van der Waals surface area contributed by atoms with Gasteiger partial charge in [-0.15, -0.1) is 0 Å². The molecule has 3 rings (SSSR count). The van der Waals surface area contributed by atoms with Crippen molar-refractivity contribution in [3.05, 3.63) is 48.2 Å². The lowest BCUT2D eigenvalue weighted by molar-refractivity contribution is -0.137. The van der Waals surface area contributed by atoms with Crippen molar-refractivity contribution in [1.29, 1.82) is 0 Å². The number of aromatic nitrogens is 1. The average Bonchev–Trinajstić information content (AvgIpc) is 3.03. The third-order valence-electron chi connectivity index (χ3n) is 4.95. The van der Waals surface area contributed by atoms with Crippen molar-refractivity contribution < 1.29 is 27.5 Å². The highest BCUT2D eigenvalue weighted by molar-refractivity contribution is 5.79. The minimum atomic E-state index is -4.40. The predicted octanol–water partition coefficient (Wildman–Crippen LogP) is 3.16. The van der Waals surface area contributed by atoms with Gasteiger partial charge in [0, 0.05) is 45.0 Å². The molecule has 1 N–H and O–H groups in total. The summed E-state index contributed by atoms with van der Waals surface area (Å²) >= 11 is 0. The normalized spacial score (nSPS) is 14.7. The number of carbonyl (C=O) groups is 2. The number of benzene rings is 1. The molecule has 166 valence electrons. The molecule has 0 spiro atoms. The van der Waals surface area contributed by atoms with E-state index in [2.05, 4.69) is 10.3 Å². The minimum Gasteiger partial charge on any atom is -0.439 e. The Balaban J connectivity index is 1.63. The van der Waals surface area contributed by atoms with Crippen molar-refractivity contribution in [2.24, 2.45) is 0 Å². The van der Waals surface area contributed by atoms with E-state index in [4.69, 9.17) is 4.74 Å². The number of nitrogens with one attached hydrogen (secondary N) is 1. The van der Waals surface area contributed by atoms with Crippen LogP contribution in [0.2, 0.25) is 0 Å². The summed E-state index contributed by atoms with van der Waals surface area (Å²) in [6.45, 7) is 1.75. The molecule has 0 bridgehead atoms. The van der Waals surface area contributed by atoms with Crippen LogP contribution in [0, 0.1) is 0 Å². The molecular formula is C21H23F3N4O3. The van der Waals surface area contributed by atoms with Gasteiger partial charge in [-0.3, -0.25) is 4.79 Å². The van der Waals surface area contributed by atoms with Crippen molar-refractivity contribution in [3.63, 3.8) is 0 Å². The van der Waals surface area contributed by atoms with Gasteiger partial charge in [0.2, 0.25) is 0 Å². The molecule has 2 aromatic rings. The number of carbonyl (C=O) groups excluding carboxylic acids is 2. The number of halogens is 3. The molecule has 0 saturated carbocycles. The molecule has 1 aliphatic rings. The molecule has 1 aromatic carbocycles. The second-order valence-electron chi connectivity index (χ2n) is 7.04. The fraction of sp³-hybridized carbons (Fsp3) is 0.381. The van der Waals surface area contributed by atoms with Crippen molar-refractivity contribution in [2.45, 2.75) is 12.6 Å². The van der Waals surface area contributed by atoms with Crippen LogP contribution >= 0.6 is 0 Å². The SMILES string of the molecule is CNC(=O)COC(=O)N1CCCN(c2ccc(-c3cccc(C(F)(F)F)c3)cn2)CC1. The maximum atomic E-state index is 12.9. The monoisotopic (exact) mass is 436 g/mol. The number of rotatable bonds is 4. The Morgan fingerprint density at radius 3 is 2.58 bits per heavy atom. The fourth-order valence-electron chi connectivity index (χ4n) is 3.24. The average molecular weight is 436 g/mol. The lowest BCUT2D eigenvalue weighted by Gasteiger charge is -2.22. The molecule has 1 fully saturated rings. The van der Waals surface area contributed by atoms with Crippen LogP contribution in [-0.2, 0) is 15.7 Å². The Bertz CT molecular complexity index is 919. The second-order valence-corrected chi connectivity index (χ2v) is 7.04. The molecule has 2 amide bonds. The van der Waals surface area contributed by atoms with E-state index in [1.54, 1.807) is 29.3 Å². The van der Waals surface area contributed by atoms with Gasteiger partial charge < -0.3 is 19.9 Å². The van der Waals surface area contributed by atoms with Crippen LogP contribution in [0.5, 0.6) is 0 Å². The summed E-state index contributed by atoms with van der Waals surface area (Å²) < 4.78 is 43.8. The molecule has 10 heteroatoms. The van der Waals surface area contributed by atoms with Crippen molar-refractivity contribution in [3.8, 4) is 11.1 Å². The Kier molecular flexibility index (Phi) is 6.98. The number of pyridine rings is 1. The van der Waals surface area contributed by atoms with Crippen LogP contribution in [0.25, 0.3) is 11.1 Å². The highest BCUT2D eigenvalue weighted by atomic mass is 19.4. The summed E-state index contributed by atoms with van der Waals surface area (Å²) in [6.07, 6.45) is -2.71. The summed E-state index contributed by atoms with van der Waals surface area (Å²) in [5, 5.41) is 2.38. The zero-order valence-electron chi connectivity index (χ0n) is 17.0. The van der Waals surface area contributed by atoms with Gasteiger partial charge in [-0.1, -0.05) is 12.1 Å². The van der Waals surface area contributed by atoms with E-state index < -0.39 is 17.8 Å². The van der Waals surface area contributed by atoms with Gasteiger partial charge in [0.25, 0.3) is 5.91 Å². The van der Waals surface area contributed by atoms with Gasteiger partial charge in [0.15, 0.2) is 6.61 Å². The minimum absolute atomic E-state index is 0.325. The number of anilines is 1. The molecule has 2 heterocycles. The molecule has 0 radical (unpaired) electrons. The van der Waals surface area contributed by atoms with Crippen LogP contribution in [0.1, 0.15) is 12.0 Å². The molecule has 1 saturated heterocycles. The molecule has 0 unspecified atom stereocenters. The Hall–Kier alpha value is -3.30. The molecule has 1 aliphatic heterocycles. The molecule has 31 heavy (non-hydrogen) atoms. The zero-order chi connectivity index (χ0) is 22.4. The highest BCUT2D eigenvalue weighted by Gasteiger charge is 2.30. The predicted molar refractivity (Wildman–Crippen MR) is 108 cm³/mol. The summed E-state index contributed by atoms with van der Waals surface area (Å²) in [5.41, 5.74) is 0.323. The number of amides is 2. The van der Waals surface area contributed by atoms with E-state index >= 15 is 0 Å². The van der Waals surface area contributed by atoms with E-state index in [1.807, 2.05) is 4.90 Å². The molecule has 0 atom stereocenters. The van der Waals surface area contributed by atoms with Crippen molar-refractivity contribution in [1.82, 2.24) is 15.2 Å². The van der Waals surface area contributed by atoms with Crippen molar-refractivity contribution in [2.75, 3.05) is 44.7 Å². The first-order chi connectivity index (χ1) is 14.8. The quantitative estimate of drug-likeness (QED) is 0.797. The molecular weight excluding hydrogens is 413 g/mol. The summed E-state index contributed by atoms with van der Waals surface area (Å²) in [5.74, 6) is 0.297. The lowest BCUT2D eigenvalue weighted by Crippen LogP contribution is -2.37. The number of hydrogen-bond donors (Lipinski definition) is 1. The smallest absolute Gasteiger partial charge is 0.416 e. The highest BCUT2D eigenvalue weighted by Crippen LogP contribution is 2.32. The summed E-state index contributed by atoms with van der Waals surface area (Å²) in [4.78, 5) is 31.3. The fourth-order valence-corrected chi connectivity index (χ4v) is 3.24. The van der Waals surface area contributed by atoms with Crippen LogP contribution in [0.4, 0.5) is 23.8 Å². The molecule has 7 nitrogen and oxygen atoms in total. The maximum Gasteiger partial charge on any atom is 0.416 e. The van der Waals surface area contributed by atoms with E-state index in [1.165, 1.54) is 13.1 Å². The van der Waals surface area contributed by atoms with Crippen LogP contribution < -0.4 is 10.2 Å². The number of ether oxygens (including phenoxy) is 1. The van der Waals surface area contributed by atoms with Crippen LogP contribution in [-0.4, -0.2) is 61.7 Å². The Morgan fingerprint density at radius 2 is 1.90 bits per heavy atom. The summed E-state index contributed by atoms with van der Waals surface area (Å²) in [7, 11) is 1.46. The largest absolute Gasteiger partial charge is 0.439 e. The Labute approximate surface area is 177 Å². The third-order valence-corrected chi connectivity index (χ3v) is 4.95. The van der Waals surface area contributed by atoms with Gasteiger partial charge in [0.05, 0.1) is 5.56 Å². The van der Waals surface area contributed by atoms with Crippen LogP contribution in [0.15, 0.2) is 42.6 Å². The van der Waals surface area contributed by atoms with Gasteiger partial charge in [-0.25, -0.2) is 9.78 Å². The third kappa shape index (κ3) is 5.87. The number of likely N-dealkylation sites (N-methyl/N-ethyl adjacent to an activating group) is 1. The van der Waals surface area contributed by atoms with Gasteiger partial charge >= 0.3 is 12.3 Å². The number of hydrogen-bond acceptors (Lipinski definition) is 5. The van der Waals surface area contributed by atoms with E-state index in [0.29, 0.717) is 49.5 Å².